The van der Waals surface area contributed by atoms with E-state index in [9.17, 15) is 0 Å². The lowest BCUT2D eigenvalue weighted by Crippen LogP contribution is -2.38. The Labute approximate surface area is 167 Å². The van der Waals surface area contributed by atoms with E-state index in [0.717, 1.165) is 0 Å². The van der Waals surface area contributed by atoms with E-state index in [4.69, 9.17) is 34.8 Å². The van der Waals surface area contributed by atoms with Crippen LogP contribution in [0.15, 0.2) is 24.3 Å². The minimum Gasteiger partial charge on any atom is -0.127 e. The molecule has 0 aromatic heterocycles. The van der Waals surface area contributed by atoms with E-state index in [1.807, 2.05) is 0 Å². The number of hydrogen-bond donors (Lipinski definition) is 0. The lowest BCUT2D eigenvalue weighted by Gasteiger charge is -2.40. The van der Waals surface area contributed by atoms with Crippen LogP contribution < -0.4 is 0 Å². The summed E-state index contributed by atoms with van der Waals surface area (Å²) in [6.45, 7) is 12.8. The molecule has 3 heteroatoms. The first kappa shape index (κ1) is 20.6. The Kier molecular flexibility index (Phi) is 6.52. The normalized spacial score (nSPS) is 12.1. The lowest BCUT2D eigenvalue weighted by molar-refractivity contribution is 0.522. The van der Waals surface area contributed by atoms with Crippen LogP contribution in [-0.4, -0.2) is 10.7 Å². The van der Waals surface area contributed by atoms with Crippen molar-refractivity contribution in [3.63, 3.8) is 0 Å². The summed E-state index contributed by atoms with van der Waals surface area (Å²) < 4.78 is 0. The van der Waals surface area contributed by atoms with Crippen molar-refractivity contribution in [3.05, 3.63) is 68.8 Å². The zero-order chi connectivity index (χ0) is 18.9. The van der Waals surface area contributed by atoms with E-state index in [1.54, 1.807) is 0 Å². The summed E-state index contributed by atoms with van der Waals surface area (Å²) in [5.74, 6) is 0.495. The second kappa shape index (κ2) is 7.91. The Balaban J connectivity index is 2.96. The molecule has 0 radical (unpaired) electrons. The fraction of sp³-hybridized carbons (Fsp3) is 0.455. The van der Waals surface area contributed by atoms with Gasteiger partial charge in [0.1, 0.15) is 4.84 Å². The number of rotatable bonds is 5. The number of alkyl halides is 3. The number of halogens is 3. The average Bonchev–Trinajstić information content (AvgIpc) is 2.44. The highest BCUT2D eigenvalue weighted by Gasteiger charge is 2.44. The molecule has 0 amide bonds. The molecule has 25 heavy (non-hydrogen) atoms. The van der Waals surface area contributed by atoms with Crippen LogP contribution in [0.1, 0.15) is 50.9 Å². The highest BCUT2D eigenvalue weighted by molar-refractivity contribution is 6.45. The molecule has 0 heterocycles. The minimum absolute atomic E-state index is 0.495. The molecule has 0 saturated heterocycles. The van der Waals surface area contributed by atoms with Crippen LogP contribution in [0.5, 0.6) is 0 Å². The molecule has 0 saturated carbocycles. The Morgan fingerprint density at radius 2 is 1.04 bits per heavy atom. The fourth-order valence-electron chi connectivity index (χ4n) is 4.62. The maximum absolute atomic E-state index is 6.72. The Hall–Kier alpha value is -0.690. The first-order valence-corrected chi connectivity index (χ1v) is 10.1. The monoisotopic (exact) mass is 396 g/mol. The molecule has 0 fully saturated rings. The van der Waals surface area contributed by atoms with Crippen molar-refractivity contribution in [1.29, 1.82) is 0 Å². The smallest absolute Gasteiger partial charge is 0.121 e. The van der Waals surface area contributed by atoms with Crippen LogP contribution in [0.3, 0.4) is 0 Å². The molecule has 2 aromatic rings. The maximum atomic E-state index is 6.72. The fourth-order valence-corrected chi connectivity index (χ4v) is 5.57. The summed E-state index contributed by atoms with van der Waals surface area (Å²) in [7, 11) is 0. The van der Waals surface area contributed by atoms with Crippen LogP contribution in [0, 0.1) is 41.5 Å². The van der Waals surface area contributed by atoms with Gasteiger partial charge in [-0.1, -0.05) is 35.4 Å². The second-order valence-corrected chi connectivity index (χ2v) is 8.73. The van der Waals surface area contributed by atoms with E-state index >= 15 is 0 Å². The zero-order valence-corrected chi connectivity index (χ0v) is 18.2. The zero-order valence-electron chi connectivity index (χ0n) is 15.9. The molecule has 0 spiro atoms. The maximum Gasteiger partial charge on any atom is 0.121 e. The summed E-state index contributed by atoms with van der Waals surface area (Å²) in [6.07, 6.45) is 0.696. The molecule has 0 unspecified atom stereocenters. The molecule has 0 aliphatic heterocycles. The van der Waals surface area contributed by atoms with E-state index in [2.05, 4.69) is 65.8 Å². The molecular weight excluding hydrogens is 371 g/mol. The Morgan fingerprint density at radius 1 is 0.720 bits per heavy atom. The van der Waals surface area contributed by atoms with Gasteiger partial charge in [0, 0.05) is 5.88 Å². The van der Waals surface area contributed by atoms with Gasteiger partial charge < -0.3 is 0 Å². The molecule has 136 valence electrons. The SMILES string of the molecule is Cc1cc(C)c(C(CCCl)(c2c(C)cc(C)cc2C)C(Cl)Cl)c(C)c1. The van der Waals surface area contributed by atoms with Crippen molar-refractivity contribution in [2.45, 2.75) is 58.2 Å². The highest BCUT2D eigenvalue weighted by Crippen LogP contribution is 2.48. The molecule has 0 N–H and O–H groups in total. The Bertz CT molecular complexity index is 671. The van der Waals surface area contributed by atoms with Crippen LogP contribution in [0.4, 0.5) is 0 Å². The van der Waals surface area contributed by atoms with Gasteiger partial charge in [-0.25, -0.2) is 0 Å². The summed E-state index contributed by atoms with van der Waals surface area (Å²) in [4.78, 5) is -0.591. The number of benzene rings is 2. The summed E-state index contributed by atoms with van der Waals surface area (Å²) in [6, 6.07) is 8.83. The van der Waals surface area contributed by atoms with Crippen molar-refractivity contribution in [1.82, 2.24) is 0 Å². The first-order valence-electron chi connectivity index (χ1n) is 8.66. The minimum atomic E-state index is -0.591. The van der Waals surface area contributed by atoms with Gasteiger partial charge in [-0.3, -0.25) is 0 Å². The van der Waals surface area contributed by atoms with E-state index in [0.29, 0.717) is 12.3 Å². The predicted molar refractivity (Wildman–Crippen MR) is 113 cm³/mol. The average molecular weight is 398 g/mol. The van der Waals surface area contributed by atoms with Crippen molar-refractivity contribution < 1.29 is 0 Å². The van der Waals surface area contributed by atoms with Crippen LogP contribution in [0.2, 0.25) is 0 Å². The summed E-state index contributed by atoms with van der Waals surface area (Å²) >= 11 is 19.7. The van der Waals surface area contributed by atoms with E-state index < -0.39 is 10.3 Å². The topological polar surface area (TPSA) is 0 Å². The third kappa shape index (κ3) is 3.72. The van der Waals surface area contributed by atoms with Crippen molar-refractivity contribution in [3.8, 4) is 0 Å². The largest absolute Gasteiger partial charge is 0.127 e. The molecule has 0 atom stereocenters. The van der Waals surface area contributed by atoms with Crippen molar-refractivity contribution in [2.75, 3.05) is 5.88 Å². The van der Waals surface area contributed by atoms with Gasteiger partial charge in [-0.05, 0) is 81.3 Å². The first-order chi connectivity index (χ1) is 11.6. The van der Waals surface area contributed by atoms with Crippen LogP contribution in [-0.2, 0) is 5.41 Å². The molecule has 2 rings (SSSR count). The standard InChI is InChI=1S/C22H27Cl3/c1-13-9-15(3)19(16(4)10-13)22(7-8-23,21(24)25)20-17(5)11-14(2)12-18(20)6/h9-12,21H,7-8H2,1-6H3. The number of aryl methyl sites for hydroxylation is 6. The quantitative estimate of drug-likeness (QED) is 0.466. The van der Waals surface area contributed by atoms with Crippen molar-refractivity contribution >= 4 is 34.8 Å². The van der Waals surface area contributed by atoms with Gasteiger partial charge in [-0.15, -0.1) is 34.8 Å². The second-order valence-electron chi connectivity index (χ2n) is 7.26. The van der Waals surface area contributed by atoms with Gasteiger partial charge in [0.15, 0.2) is 0 Å². The lowest BCUT2D eigenvalue weighted by atomic mass is 9.67. The molecule has 2 aromatic carbocycles. The molecule has 0 bridgehead atoms. The van der Waals surface area contributed by atoms with Gasteiger partial charge in [0.25, 0.3) is 0 Å². The van der Waals surface area contributed by atoms with Crippen LogP contribution in [0.25, 0.3) is 0 Å². The summed E-state index contributed by atoms with van der Waals surface area (Å²) in [5.41, 5.74) is 9.26. The third-order valence-corrected chi connectivity index (χ3v) is 6.04. The van der Waals surface area contributed by atoms with Gasteiger partial charge in [0.05, 0.1) is 5.41 Å². The molecule has 0 aliphatic carbocycles. The third-order valence-electron chi connectivity index (χ3n) is 5.11. The van der Waals surface area contributed by atoms with Gasteiger partial charge in [0.2, 0.25) is 0 Å². The molecule has 0 nitrogen and oxygen atoms in total. The highest BCUT2D eigenvalue weighted by atomic mass is 35.5. The van der Waals surface area contributed by atoms with Crippen LogP contribution >= 0.6 is 34.8 Å². The Morgan fingerprint density at radius 3 is 1.28 bits per heavy atom. The van der Waals surface area contributed by atoms with Crippen molar-refractivity contribution in [2.24, 2.45) is 0 Å². The van der Waals surface area contributed by atoms with Gasteiger partial charge in [-0.2, -0.15) is 0 Å². The molecule has 0 aliphatic rings. The number of hydrogen-bond acceptors (Lipinski definition) is 0. The van der Waals surface area contributed by atoms with E-state index in [-0.39, 0.29) is 0 Å². The summed E-state index contributed by atoms with van der Waals surface area (Å²) in [5, 5.41) is 0. The van der Waals surface area contributed by atoms with E-state index in [1.165, 1.54) is 44.5 Å². The molecular formula is C22H27Cl3. The van der Waals surface area contributed by atoms with Gasteiger partial charge >= 0.3 is 0 Å². The predicted octanol–water partition coefficient (Wildman–Crippen LogP) is 7.26.